The average molecular weight is 366 g/mol. The SMILES string of the molecule is O=C(CBr)CC1CSCCN1C(=O)C(F)(F)C(F)F. The standard InChI is InChI=1S/C10H12BrF4NO2S/c11-4-7(17)3-6-5-19-2-1-16(6)9(18)10(14,15)8(12)13/h6,8H,1-5H2. The van der Waals surface area contributed by atoms with Gasteiger partial charge in [0.2, 0.25) is 0 Å². The van der Waals surface area contributed by atoms with E-state index in [1.165, 1.54) is 11.8 Å². The fourth-order valence-corrected chi connectivity index (χ4v) is 2.98. The van der Waals surface area contributed by atoms with Gasteiger partial charge in [0.1, 0.15) is 5.78 Å². The summed E-state index contributed by atoms with van der Waals surface area (Å²) in [6, 6.07) is -0.749. The minimum Gasteiger partial charge on any atom is -0.332 e. The van der Waals surface area contributed by atoms with Crippen molar-refractivity contribution in [1.29, 1.82) is 0 Å². The second kappa shape index (κ2) is 6.92. The van der Waals surface area contributed by atoms with Crippen LogP contribution in [0.1, 0.15) is 6.42 Å². The number of alkyl halides is 5. The molecule has 1 amide bonds. The molecule has 0 radical (unpaired) electrons. The van der Waals surface area contributed by atoms with Gasteiger partial charge >= 0.3 is 12.3 Å². The normalized spacial score (nSPS) is 20.7. The predicted octanol–water partition coefficient (Wildman–Crippen LogP) is 2.18. The van der Waals surface area contributed by atoms with E-state index in [0.29, 0.717) is 16.4 Å². The van der Waals surface area contributed by atoms with E-state index in [9.17, 15) is 27.2 Å². The van der Waals surface area contributed by atoms with Crippen molar-refractivity contribution in [2.75, 3.05) is 23.4 Å². The molecule has 1 unspecified atom stereocenters. The van der Waals surface area contributed by atoms with Gasteiger partial charge in [0.15, 0.2) is 0 Å². The van der Waals surface area contributed by atoms with Crippen LogP contribution in [-0.4, -0.2) is 58.4 Å². The monoisotopic (exact) mass is 365 g/mol. The van der Waals surface area contributed by atoms with Crippen molar-refractivity contribution >= 4 is 39.4 Å². The molecular formula is C10H12BrF4NO2S. The number of ketones is 1. The summed E-state index contributed by atoms with van der Waals surface area (Å²) in [5, 5.41) is 0.0431. The first-order valence-electron chi connectivity index (χ1n) is 5.43. The maximum Gasteiger partial charge on any atom is 0.383 e. The Bertz CT molecular complexity index is 356. The molecule has 110 valence electrons. The topological polar surface area (TPSA) is 37.4 Å². The molecule has 0 aromatic heterocycles. The molecule has 0 saturated carbocycles. The van der Waals surface area contributed by atoms with Crippen molar-refractivity contribution in [2.45, 2.75) is 24.8 Å². The molecule has 1 heterocycles. The summed E-state index contributed by atoms with van der Waals surface area (Å²) in [5.74, 6) is -6.16. The number of Topliss-reactive ketones (excluding diaryl/α,β-unsaturated/α-hetero) is 1. The zero-order valence-electron chi connectivity index (χ0n) is 9.75. The number of thioether (sulfide) groups is 1. The molecule has 1 rings (SSSR count). The Hall–Kier alpha value is -0.310. The largest absolute Gasteiger partial charge is 0.383 e. The van der Waals surface area contributed by atoms with Gasteiger partial charge in [-0.25, -0.2) is 8.78 Å². The summed E-state index contributed by atoms with van der Waals surface area (Å²) in [6.07, 6.45) is -4.15. The quantitative estimate of drug-likeness (QED) is 0.553. The molecule has 1 fully saturated rings. The van der Waals surface area contributed by atoms with Crippen LogP contribution in [0.3, 0.4) is 0 Å². The number of carbonyl (C=O) groups is 2. The molecule has 0 N–H and O–H groups in total. The summed E-state index contributed by atoms with van der Waals surface area (Å²) in [5.41, 5.74) is 0. The first-order chi connectivity index (χ1) is 8.80. The van der Waals surface area contributed by atoms with Gasteiger partial charge in [-0.1, -0.05) is 15.9 Å². The van der Waals surface area contributed by atoms with Crippen LogP contribution in [0.25, 0.3) is 0 Å². The Balaban J connectivity index is 2.82. The van der Waals surface area contributed by atoms with E-state index in [1.54, 1.807) is 0 Å². The van der Waals surface area contributed by atoms with Crippen LogP contribution in [0, 0.1) is 0 Å². The van der Waals surface area contributed by atoms with Crippen molar-refractivity contribution in [2.24, 2.45) is 0 Å². The highest BCUT2D eigenvalue weighted by Crippen LogP contribution is 2.29. The van der Waals surface area contributed by atoms with Gasteiger partial charge in [0.25, 0.3) is 5.91 Å². The molecule has 9 heteroatoms. The van der Waals surface area contributed by atoms with Crippen LogP contribution in [0.4, 0.5) is 17.6 Å². The molecule has 0 bridgehead atoms. The molecule has 0 aliphatic carbocycles. The average Bonchev–Trinajstić information content (AvgIpc) is 2.38. The lowest BCUT2D eigenvalue weighted by Crippen LogP contribution is -2.55. The number of halogens is 5. The van der Waals surface area contributed by atoms with Crippen LogP contribution in [0.2, 0.25) is 0 Å². The number of nitrogens with zero attached hydrogens (tertiary/aromatic N) is 1. The third-order valence-electron chi connectivity index (χ3n) is 2.66. The Kier molecular flexibility index (Phi) is 6.10. The highest BCUT2D eigenvalue weighted by Gasteiger charge is 2.52. The molecule has 1 atom stereocenters. The maximum absolute atomic E-state index is 13.1. The van der Waals surface area contributed by atoms with Gasteiger partial charge in [-0.05, 0) is 0 Å². The van der Waals surface area contributed by atoms with E-state index >= 15 is 0 Å². The van der Waals surface area contributed by atoms with E-state index in [2.05, 4.69) is 15.9 Å². The van der Waals surface area contributed by atoms with Crippen molar-refractivity contribution in [1.82, 2.24) is 4.90 Å². The number of hydrogen-bond acceptors (Lipinski definition) is 3. The van der Waals surface area contributed by atoms with Gasteiger partial charge in [-0.15, -0.1) is 0 Å². The minimum atomic E-state index is -4.70. The summed E-state index contributed by atoms with van der Waals surface area (Å²) >= 11 is 4.34. The second-order valence-corrected chi connectivity index (χ2v) is 5.74. The lowest BCUT2D eigenvalue weighted by Gasteiger charge is -2.36. The van der Waals surface area contributed by atoms with Crippen molar-refractivity contribution in [3.05, 3.63) is 0 Å². The molecule has 1 saturated heterocycles. The fraction of sp³-hybridized carbons (Fsp3) is 0.800. The van der Waals surface area contributed by atoms with Crippen LogP contribution < -0.4 is 0 Å². The predicted molar refractivity (Wildman–Crippen MR) is 67.2 cm³/mol. The highest BCUT2D eigenvalue weighted by atomic mass is 79.9. The van der Waals surface area contributed by atoms with Crippen molar-refractivity contribution in [3.63, 3.8) is 0 Å². The van der Waals surface area contributed by atoms with Gasteiger partial charge in [-0.3, -0.25) is 9.59 Å². The third-order valence-corrected chi connectivity index (χ3v) is 4.38. The molecule has 0 spiro atoms. The molecule has 1 aliphatic heterocycles. The molecule has 19 heavy (non-hydrogen) atoms. The maximum atomic E-state index is 13.1. The van der Waals surface area contributed by atoms with E-state index in [1.807, 2.05) is 0 Å². The Morgan fingerprint density at radius 3 is 2.58 bits per heavy atom. The molecule has 1 aliphatic rings. The number of carbonyl (C=O) groups excluding carboxylic acids is 2. The van der Waals surface area contributed by atoms with E-state index in [0.717, 1.165) is 0 Å². The fourth-order valence-electron chi connectivity index (χ4n) is 1.69. The van der Waals surface area contributed by atoms with Gasteiger partial charge in [0.05, 0.1) is 5.33 Å². The Labute approximate surface area is 120 Å². The zero-order valence-corrected chi connectivity index (χ0v) is 12.2. The van der Waals surface area contributed by atoms with Crippen LogP contribution in [0.5, 0.6) is 0 Å². The number of hydrogen-bond donors (Lipinski definition) is 0. The highest BCUT2D eigenvalue weighted by molar-refractivity contribution is 9.09. The lowest BCUT2D eigenvalue weighted by atomic mass is 10.1. The van der Waals surface area contributed by atoms with E-state index in [-0.39, 0.29) is 24.1 Å². The first-order valence-corrected chi connectivity index (χ1v) is 7.70. The first kappa shape index (κ1) is 16.7. The minimum absolute atomic E-state index is 0.0431. The molecule has 3 nitrogen and oxygen atoms in total. The van der Waals surface area contributed by atoms with Gasteiger partial charge in [-0.2, -0.15) is 20.5 Å². The van der Waals surface area contributed by atoms with E-state index in [4.69, 9.17) is 0 Å². The number of amides is 1. The lowest BCUT2D eigenvalue weighted by molar-refractivity contribution is -0.182. The van der Waals surface area contributed by atoms with Gasteiger partial charge < -0.3 is 4.90 Å². The number of rotatable bonds is 5. The second-order valence-electron chi connectivity index (χ2n) is 4.03. The van der Waals surface area contributed by atoms with Gasteiger partial charge in [0, 0.05) is 30.5 Å². The van der Waals surface area contributed by atoms with E-state index < -0.39 is 24.3 Å². The van der Waals surface area contributed by atoms with Crippen LogP contribution in [-0.2, 0) is 9.59 Å². The third kappa shape index (κ3) is 4.08. The Morgan fingerprint density at radius 2 is 2.05 bits per heavy atom. The van der Waals surface area contributed by atoms with Crippen LogP contribution in [0.15, 0.2) is 0 Å². The summed E-state index contributed by atoms with van der Waals surface area (Å²) in [4.78, 5) is 23.5. The summed E-state index contributed by atoms with van der Waals surface area (Å²) in [7, 11) is 0. The Morgan fingerprint density at radius 1 is 1.42 bits per heavy atom. The summed E-state index contributed by atoms with van der Waals surface area (Å²) in [6.45, 7) is -0.0496. The summed E-state index contributed by atoms with van der Waals surface area (Å²) < 4.78 is 50.5. The van der Waals surface area contributed by atoms with Crippen molar-refractivity contribution < 1.29 is 27.2 Å². The molecule has 0 aromatic rings. The zero-order chi connectivity index (χ0) is 14.6. The van der Waals surface area contributed by atoms with Crippen molar-refractivity contribution in [3.8, 4) is 0 Å². The van der Waals surface area contributed by atoms with Crippen LogP contribution >= 0.6 is 27.7 Å². The molecule has 0 aromatic carbocycles. The smallest absolute Gasteiger partial charge is 0.332 e. The molecular weight excluding hydrogens is 354 g/mol.